The van der Waals surface area contributed by atoms with Gasteiger partial charge in [0.25, 0.3) is 0 Å². The van der Waals surface area contributed by atoms with Gasteiger partial charge < -0.3 is 4.74 Å². The Kier molecular flexibility index (Phi) is 5.56. The van der Waals surface area contributed by atoms with Gasteiger partial charge in [0.15, 0.2) is 0 Å². The number of ether oxygens (including phenoxy) is 1. The lowest BCUT2D eigenvalue weighted by Crippen LogP contribution is -2.37. The number of hydrogen-bond acceptors (Lipinski definition) is 3. The highest BCUT2D eigenvalue weighted by Crippen LogP contribution is 2.33. The van der Waals surface area contributed by atoms with Gasteiger partial charge in [-0.1, -0.05) is 36.4 Å². The molecule has 1 heterocycles. The van der Waals surface area contributed by atoms with Crippen LogP contribution in [-0.2, 0) is 6.42 Å². The average molecular weight is 366 g/mol. The van der Waals surface area contributed by atoms with E-state index in [1.54, 1.807) is 36.5 Å². The molecule has 0 saturated heterocycles. The molecule has 3 rings (SSSR count). The first kappa shape index (κ1) is 18.4. The van der Waals surface area contributed by atoms with E-state index < -0.39 is 12.4 Å². The standard InChI is InChI=1S/C19H18F4N2O/c20-16-7-3-2-6-15(16)17(25-11-9-24-10-12-25)13-14-5-1-4-8-18(14)26-19(21,22)23/h1-9,17H,10-13H2. The Morgan fingerprint density at radius 1 is 1.08 bits per heavy atom. The first-order valence-electron chi connectivity index (χ1n) is 8.24. The summed E-state index contributed by atoms with van der Waals surface area (Å²) < 4.78 is 56.6. The third kappa shape index (κ3) is 4.60. The van der Waals surface area contributed by atoms with E-state index in [0.717, 1.165) is 0 Å². The van der Waals surface area contributed by atoms with Crippen LogP contribution in [0.2, 0.25) is 0 Å². The van der Waals surface area contributed by atoms with Gasteiger partial charge in [-0.05, 0) is 24.1 Å². The number of benzene rings is 2. The highest BCUT2D eigenvalue weighted by molar-refractivity contribution is 5.60. The van der Waals surface area contributed by atoms with Crippen LogP contribution < -0.4 is 4.74 Å². The number of alkyl halides is 3. The largest absolute Gasteiger partial charge is 0.573 e. The van der Waals surface area contributed by atoms with Crippen molar-refractivity contribution in [2.45, 2.75) is 18.8 Å². The molecule has 1 unspecified atom stereocenters. The van der Waals surface area contributed by atoms with Crippen LogP contribution >= 0.6 is 0 Å². The second-order valence-corrected chi connectivity index (χ2v) is 5.98. The summed E-state index contributed by atoms with van der Waals surface area (Å²) in [6.07, 6.45) is -2.84. The molecule has 0 bridgehead atoms. The van der Waals surface area contributed by atoms with E-state index in [-0.39, 0.29) is 18.0 Å². The van der Waals surface area contributed by atoms with Gasteiger partial charge in [-0.15, -0.1) is 13.2 Å². The zero-order valence-corrected chi connectivity index (χ0v) is 13.9. The molecule has 0 amide bonds. The average Bonchev–Trinajstić information content (AvgIpc) is 2.61. The van der Waals surface area contributed by atoms with Crippen molar-refractivity contribution in [3.8, 4) is 5.75 Å². The van der Waals surface area contributed by atoms with Gasteiger partial charge in [-0.2, -0.15) is 0 Å². The molecule has 138 valence electrons. The summed E-state index contributed by atoms with van der Waals surface area (Å²) >= 11 is 0. The summed E-state index contributed by atoms with van der Waals surface area (Å²) in [6.45, 7) is 1.70. The molecule has 0 spiro atoms. The van der Waals surface area contributed by atoms with E-state index in [0.29, 0.717) is 30.8 Å². The van der Waals surface area contributed by atoms with Crippen LogP contribution in [0.1, 0.15) is 17.2 Å². The van der Waals surface area contributed by atoms with Crippen LogP contribution in [0.25, 0.3) is 0 Å². The lowest BCUT2D eigenvalue weighted by atomic mass is 9.96. The minimum absolute atomic E-state index is 0.195. The van der Waals surface area contributed by atoms with E-state index in [1.807, 2.05) is 4.90 Å². The van der Waals surface area contributed by atoms with E-state index in [9.17, 15) is 17.6 Å². The van der Waals surface area contributed by atoms with Crippen molar-refractivity contribution >= 4 is 6.21 Å². The van der Waals surface area contributed by atoms with Gasteiger partial charge in [0.2, 0.25) is 0 Å². The fourth-order valence-corrected chi connectivity index (χ4v) is 3.10. The highest BCUT2D eigenvalue weighted by atomic mass is 19.4. The van der Waals surface area contributed by atoms with Crippen LogP contribution in [0, 0.1) is 5.82 Å². The first-order chi connectivity index (χ1) is 12.4. The Bertz CT molecular complexity index is 776. The normalized spacial score (nSPS) is 16.5. The molecular formula is C19H18F4N2O. The van der Waals surface area contributed by atoms with Gasteiger partial charge in [0.05, 0.1) is 6.54 Å². The summed E-state index contributed by atoms with van der Waals surface area (Å²) in [5, 5.41) is 0. The zero-order valence-electron chi connectivity index (χ0n) is 13.9. The molecule has 0 fully saturated rings. The van der Waals surface area contributed by atoms with Crippen molar-refractivity contribution in [3.05, 3.63) is 65.5 Å². The zero-order chi connectivity index (χ0) is 18.6. The summed E-state index contributed by atoms with van der Waals surface area (Å²) in [6, 6.07) is 11.9. The summed E-state index contributed by atoms with van der Waals surface area (Å²) in [7, 11) is 0. The Labute approximate surface area is 148 Å². The number of halogens is 4. The molecule has 0 radical (unpaired) electrons. The molecule has 2 aromatic rings. The summed E-state index contributed by atoms with van der Waals surface area (Å²) in [5.41, 5.74) is 0.824. The Morgan fingerprint density at radius 2 is 1.81 bits per heavy atom. The van der Waals surface area contributed by atoms with Crippen molar-refractivity contribution in [2.75, 3.05) is 19.6 Å². The minimum atomic E-state index is -4.78. The maximum Gasteiger partial charge on any atom is 0.573 e. The third-order valence-electron chi connectivity index (χ3n) is 4.28. The maximum atomic E-state index is 14.4. The summed E-state index contributed by atoms with van der Waals surface area (Å²) in [4.78, 5) is 6.17. The van der Waals surface area contributed by atoms with Crippen LogP contribution in [0.3, 0.4) is 0 Å². The molecular weight excluding hydrogens is 348 g/mol. The molecule has 26 heavy (non-hydrogen) atoms. The molecule has 1 atom stereocenters. The SMILES string of the molecule is Fc1ccccc1C(Cc1ccccc1OC(F)(F)F)N1CC=NCC1. The van der Waals surface area contributed by atoms with E-state index in [2.05, 4.69) is 9.73 Å². The molecule has 1 aliphatic heterocycles. The Balaban J connectivity index is 1.94. The van der Waals surface area contributed by atoms with Crippen LogP contribution in [0.5, 0.6) is 5.75 Å². The number of hydrogen-bond donors (Lipinski definition) is 0. The number of aliphatic imine (C=N–C) groups is 1. The molecule has 0 saturated carbocycles. The maximum absolute atomic E-state index is 14.4. The number of para-hydroxylation sites is 1. The fourth-order valence-electron chi connectivity index (χ4n) is 3.10. The van der Waals surface area contributed by atoms with Gasteiger partial charge in [0, 0.05) is 30.9 Å². The number of nitrogens with zero attached hydrogens (tertiary/aromatic N) is 2. The second kappa shape index (κ2) is 7.86. The first-order valence-corrected chi connectivity index (χ1v) is 8.24. The molecule has 2 aromatic carbocycles. The predicted octanol–water partition coefficient (Wildman–Crippen LogP) is 4.39. The monoisotopic (exact) mass is 366 g/mol. The third-order valence-corrected chi connectivity index (χ3v) is 4.28. The molecule has 0 aromatic heterocycles. The summed E-state index contributed by atoms with van der Waals surface area (Å²) in [5.74, 6) is -0.638. The van der Waals surface area contributed by atoms with Gasteiger partial charge in [-0.3, -0.25) is 9.89 Å². The van der Waals surface area contributed by atoms with Gasteiger partial charge in [-0.25, -0.2) is 4.39 Å². The topological polar surface area (TPSA) is 24.8 Å². The molecule has 0 aliphatic carbocycles. The Hall–Kier alpha value is -2.41. The number of rotatable bonds is 5. The van der Waals surface area contributed by atoms with Gasteiger partial charge in [0.1, 0.15) is 11.6 Å². The van der Waals surface area contributed by atoms with Crippen molar-refractivity contribution in [2.24, 2.45) is 4.99 Å². The molecule has 0 N–H and O–H groups in total. The minimum Gasteiger partial charge on any atom is -0.406 e. The van der Waals surface area contributed by atoms with Crippen molar-refractivity contribution in [3.63, 3.8) is 0 Å². The van der Waals surface area contributed by atoms with Crippen LogP contribution in [0.15, 0.2) is 53.5 Å². The van der Waals surface area contributed by atoms with Gasteiger partial charge >= 0.3 is 6.36 Å². The predicted molar refractivity (Wildman–Crippen MR) is 90.9 cm³/mol. The highest BCUT2D eigenvalue weighted by Gasteiger charge is 2.33. The van der Waals surface area contributed by atoms with E-state index in [1.165, 1.54) is 18.2 Å². The van der Waals surface area contributed by atoms with E-state index in [4.69, 9.17) is 0 Å². The molecule has 1 aliphatic rings. The quantitative estimate of drug-likeness (QED) is 0.733. The van der Waals surface area contributed by atoms with Crippen molar-refractivity contribution < 1.29 is 22.3 Å². The van der Waals surface area contributed by atoms with Crippen LogP contribution in [0.4, 0.5) is 17.6 Å². The smallest absolute Gasteiger partial charge is 0.406 e. The van der Waals surface area contributed by atoms with Crippen molar-refractivity contribution in [1.29, 1.82) is 0 Å². The van der Waals surface area contributed by atoms with E-state index >= 15 is 0 Å². The molecule has 3 nitrogen and oxygen atoms in total. The fraction of sp³-hybridized carbons (Fsp3) is 0.316. The van der Waals surface area contributed by atoms with Crippen molar-refractivity contribution in [1.82, 2.24) is 4.90 Å². The lowest BCUT2D eigenvalue weighted by molar-refractivity contribution is -0.274. The molecule has 7 heteroatoms. The Morgan fingerprint density at radius 3 is 2.50 bits per heavy atom. The lowest BCUT2D eigenvalue weighted by Gasteiger charge is -2.33. The van der Waals surface area contributed by atoms with Crippen LogP contribution in [-0.4, -0.2) is 37.1 Å². The second-order valence-electron chi connectivity index (χ2n) is 5.98.